The van der Waals surface area contributed by atoms with E-state index < -0.39 is 0 Å². The van der Waals surface area contributed by atoms with E-state index in [2.05, 4.69) is 16.9 Å². The molecular weight excluding hydrogens is 216 g/mol. The van der Waals surface area contributed by atoms with Gasteiger partial charge in [-0.2, -0.15) is 0 Å². The monoisotopic (exact) mass is 240 g/mol. The first-order valence-corrected chi connectivity index (χ1v) is 6.85. The molecule has 98 valence electrons. The number of hydrogen-bond donors (Lipinski definition) is 0. The molecule has 0 saturated carbocycles. The fourth-order valence-corrected chi connectivity index (χ4v) is 3.13. The molecule has 0 bridgehead atoms. The quantitative estimate of drug-likeness (QED) is 0.751. The van der Waals surface area contributed by atoms with Crippen molar-refractivity contribution >= 4 is 5.91 Å². The van der Waals surface area contributed by atoms with E-state index in [0.717, 1.165) is 38.8 Å². The number of rotatable bonds is 4. The molecule has 2 aliphatic heterocycles. The third kappa shape index (κ3) is 2.63. The van der Waals surface area contributed by atoms with E-state index in [1.165, 1.54) is 6.42 Å². The Morgan fingerprint density at radius 2 is 2.06 bits per heavy atom. The number of hydrogen-bond acceptors (Lipinski definition) is 3. The second kappa shape index (κ2) is 5.83. The fourth-order valence-electron chi connectivity index (χ4n) is 3.13. The van der Waals surface area contributed by atoms with Crippen molar-refractivity contribution < 1.29 is 9.53 Å². The van der Waals surface area contributed by atoms with Crippen LogP contribution in [0.25, 0.3) is 0 Å². The lowest BCUT2D eigenvalue weighted by Gasteiger charge is -2.43. The van der Waals surface area contributed by atoms with Gasteiger partial charge in [-0.05, 0) is 32.1 Å². The molecule has 1 amide bonds. The molecule has 0 aromatic rings. The summed E-state index contributed by atoms with van der Waals surface area (Å²) in [7, 11) is 1.74. The smallest absolute Gasteiger partial charge is 0.237 e. The molecule has 0 aromatic heterocycles. The molecule has 17 heavy (non-hydrogen) atoms. The van der Waals surface area contributed by atoms with Crippen molar-refractivity contribution in [2.24, 2.45) is 0 Å². The highest BCUT2D eigenvalue weighted by Gasteiger charge is 2.37. The van der Waals surface area contributed by atoms with Gasteiger partial charge in [0.2, 0.25) is 5.91 Å². The van der Waals surface area contributed by atoms with E-state index in [9.17, 15) is 4.79 Å². The first-order valence-electron chi connectivity index (χ1n) is 6.85. The molecule has 0 aliphatic carbocycles. The second-order valence-electron chi connectivity index (χ2n) is 5.11. The highest BCUT2D eigenvalue weighted by atomic mass is 16.5. The molecule has 4 heteroatoms. The number of piperidine rings is 1. The molecule has 0 spiro atoms. The standard InChI is InChI=1S/C13H24N2O2/c1-3-11-6-4-8-13(16)15(11)14-9-5-7-12(14)10-17-2/h11-12H,3-10H2,1-2H3/t11-,12-/m0/s1. The zero-order valence-corrected chi connectivity index (χ0v) is 11.0. The van der Waals surface area contributed by atoms with E-state index in [1.54, 1.807) is 7.11 Å². The third-order valence-electron chi connectivity index (χ3n) is 3.98. The summed E-state index contributed by atoms with van der Waals surface area (Å²) in [5.41, 5.74) is 0. The van der Waals surface area contributed by atoms with Crippen molar-refractivity contribution in [2.75, 3.05) is 20.3 Å². The predicted octanol–water partition coefficient (Wildman–Crippen LogP) is 1.80. The molecule has 2 rings (SSSR count). The van der Waals surface area contributed by atoms with Crippen LogP contribution in [0.2, 0.25) is 0 Å². The molecule has 0 unspecified atom stereocenters. The largest absolute Gasteiger partial charge is 0.383 e. The molecule has 2 atom stereocenters. The Hall–Kier alpha value is -0.610. The van der Waals surface area contributed by atoms with Gasteiger partial charge in [0.1, 0.15) is 0 Å². The van der Waals surface area contributed by atoms with E-state index in [4.69, 9.17) is 4.74 Å². The molecule has 2 saturated heterocycles. The van der Waals surface area contributed by atoms with Crippen LogP contribution in [0.3, 0.4) is 0 Å². The van der Waals surface area contributed by atoms with Crippen molar-refractivity contribution in [3.63, 3.8) is 0 Å². The summed E-state index contributed by atoms with van der Waals surface area (Å²) >= 11 is 0. The maximum Gasteiger partial charge on any atom is 0.237 e. The second-order valence-corrected chi connectivity index (χ2v) is 5.11. The van der Waals surface area contributed by atoms with E-state index in [0.29, 0.717) is 24.4 Å². The Balaban J connectivity index is 2.08. The van der Waals surface area contributed by atoms with Crippen LogP contribution in [0.1, 0.15) is 45.4 Å². The summed E-state index contributed by atoms with van der Waals surface area (Å²) in [4.78, 5) is 12.1. The van der Waals surface area contributed by atoms with Crippen molar-refractivity contribution in [3.05, 3.63) is 0 Å². The zero-order chi connectivity index (χ0) is 12.3. The Kier molecular flexibility index (Phi) is 4.40. The van der Waals surface area contributed by atoms with Gasteiger partial charge in [0.25, 0.3) is 0 Å². The molecule has 0 N–H and O–H groups in total. The van der Waals surface area contributed by atoms with E-state index >= 15 is 0 Å². The minimum absolute atomic E-state index is 0.311. The van der Waals surface area contributed by atoms with Crippen molar-refractivity contribution in [1.82, 2.24) is 10.0 Å². The average Bonchev–Trinajstić information content (AvgIpc) is 2.77. The van der Waals surface area contributed by atoms with Gasteiger partial charge >= 0.3 is 0 Å². The molecule has 0 radical (unpaired) electrons. The summed E-state index contributed by atoms with van der Waals surface area (Å²) in [5.74, 6) is 0.311. The van der Waals surface area contributed by atoms with Crippen LogP contribution >= 0.6 is 0 Å². The van der Waals surface area contributed by atoms with Gasteiger partial charge in [-0.3, -0.25) is 9.80 Å². The number of amides is 1. The Bertz CT molecular complexity index is 270. The number of nitrogens with zero attached hydrogens (tertiary/aromatic N) is 2. The van der Waals surface area contributed by atoms with Crippen LogP contribution in [0.5, 0.6) is 0 Å². The predicted molar refractivity (Wildman–Crippen MR) is 66.4 cm³/mol. The lowest BCUT2D eigenvalue weighted by molar-refractivity contribution is -0.165. The first kappa shape index (κ1) is 12.8. The molecular formula is C13H24N2O2. The topological polar surface area (TPSA) is 32.8 Å². The van der Waals surface area contributed by atoms with Crippen molar-refractivity contribution in [1.29, 1.82) is 0 Å². The highest BCUT2D eigenvalue weighted by molar-refractivity contribution is 5.76. The Labute approximate surface area is 104 Å². The van der Waals surface area contributed by atoms with Crippen molar-refractivity contribution in [2.45, 2.75) is 57.5 Å². The first-order chi connectivity index (χ1) is 8.27. The Morgan fingerprint density at radius 1 is 1.29 bits per heavy atom. The van der Waals surface area contributed by atoms with Gasteiger partial charge in [-0.1, -0.05) is 6.92 Å². The maximum absolute atomic E-state index is 12.1. The summed E-state index contributed by atoms with van der Waals surface area (Å²) in [6.45, 7) is 3.92. The maximum atomic E-state index is 12.1. The van der Waals surface area contributed by atoms with Crippen LogP contribution in [-0.2, 0) is 9.53 Å². The number of carbonyl (C=O) groups excluding carboxylic acids is 1. The van der Waals surface area contributed by atoms with Crippen LogP contribution in [0.4, 0.5) is 0 Å². The summed E-state index contributed by atoms with van der Waals surface area (Å²) < 4.78 is 5.27. The van der Waals surface area contributed by atoms with Crippen LogP contribution in [0, 0.1) is 0 Å². The van der Waals surface area contributed by atoms with E-state index in [1.807, 2.05) is 0 Å². The number of hydrazine groups is 1. The zero-order valence-electron chi connectivity index (χ0n) is 11.0. The SMILES string of the molecule is CC[C@H]1CCCC(=O)N1N1CCC[C@H]1COC. The molecule has 0 aromatic carbocycles. The lowest BCUT2D eigenvalue weighted by atomic mass is 10.0. The molecule has 4 nitrogen and oxygen atoms in total. The van der Waals surface area contributed by atoms with Gasteiger partial charge in [-0.25, -0.2) is 5.01 Å². The highest BCUT2D eigenvalue weighted by Crippen LogP contribution is 2.28. The van der Waals surface area contributed by atoms with Crippen LogP contribution in [-0.4, -0.2) is 48.3 Å². The van der Waals surface area contributed by atoms with Gasteiger partial charge in [-0.15, -0.1) is 0 Å². The van der Waals surface area contributed by atoms with Crippen molar-refractivity contribution in [3.8, 4) is 0 Å². The van der Waals surface area contributed by atoms with Crippen LogP contribution < -0.4 is 0 Å². The number of ether oxygens (including phenoxy) is 1. The fraction of sp³-hybridized carbons (Fsp3) is 0.923. The van der Waals surface area contributed by atoms with Gasteiger partial charge in [0, 0.05) is 26.1 Å². The molecule has 2 aliphatic rings. The Morgan fingerprint density at radius 3 is 2.76 bits per heavy atom. The normalized spacial score (nSPS) is 31.2. The lowest BCUT2D eigenvalue weighted by Crippen LogP contribution is -2.56. The summed E-state index contributed by atoms with van der Waals surface area (Å²) in [6.07, 6.45) is 6.30. The minimum Gasteiger partial charge on any atom is -0.383 e. The minimum atomic E-state index is 0.311. The van der Waals surface area contributed by atoms with E-state index in [-0.39, 0.29) is 0 Å². The summed E-state index contributed by atoms with van der Waals surface area (Å²) in [5, 5.41) is 4.33. The van der Waals surface area contributed by atoms with Gasteiger partial charge in [0.15, 0.2) is 0 Å². The van der Waals surface area contributed by atoms with Gasteiger partial charge < -0.3 is 4.74 Å². The average molecular weight is 240 g/mol. The number of methoxy groups -OCH3 is 1. The molecule has 2 fully saturated rings. The molecule has 2 heterocycles. The van der Waals surface area contributed by atoms with Gasteiger partial charge in [0.05, 0.1) is 12.6 Å². The number of carbonyl (C=O) groups is 1. The summed E-state index contributed by atoms with van der Waals surface area (Å²) in [6, 6.07) is 0.810. The third-order valence-corrected chi connectivity index (χ3v) is 3.98. The van der Waals surface area contributed by atoms with Crippen LogP contribution in [0.15, 0.2) is 0 Å².